The fraction of sp³-hybridized carbons (Fsp3) is 0.533. The second-order valence-corrected chi connectivity index (χ2v) is 6.37. The zero-order valence-corrected chi connectivity index (χ0v) is 13.9. The molecule has 0 radical (unpaired) electrons. The number of amides is 1. The molecule has 0 saturated carbocycles. The molecule has 0 fully saturated rings. The second-order valence-electron chi connectivity index (χ2n) is 5.27. The molecular weight excluding hydrogens is 311 g/mol. The van der Waals surface area contributed by atoms with Crippen molar-refractivity contribution in [2.45, 2.75) is 43.7 Å². The SMILES string of the molecule is CCC(C)C(N)C(=O)NC1CCSc2c(F)cccc21.Cl. The summed E-state index contributed by atoms with van der Waals surface area (Å²) in [4.78, 5) is 12.8. The Morgan fingerprint density at radius 1 is 1.57 bits per heavy atom. The number of benzene rings is 1. The number of nitrogens with one attached hydrogen (secondary N) is 1. The van der Waals surface area contributed by atoms with Crippen molar-refractivity contribution in [1.29, 1.82) is 0 Å². The molecule has 1 amide bonds. The van der Waals surface area contributed by atoms with Crippen molar-refractivity contribution in [3.8, 4) is 0 Å². The number of hydrogen-bond acceptors (Lipinski definition) is 3. The Morgan fingerprint density at radius 2 is 2.29 bits per heavy atom. The van der Waals surface area contributed by atoms with Crippen LogP contribution >= 0.6 is 24.2 Å². The van der Waals surface area contributed by atoms with E-state index in [9.17, 15) is 9.18 Å². The van der Waals surface area contributed by atoms with Crippen LogP contribution in [-0.2, 0) is 4.79 Å². The number of halogens is 2. The highest BCUT2D eigenvalue weighted by molar-refractivity contribution is 7.99. The van der Waals surface area contributed by atoms with E-state index in [0.29, 0.717) is 4.90 Å². The van der Waals surface area contributed by atoms with Crippen LogP contribution < -0.4 is 11.1 Å². The Bertz CT molecular complexity index is 501. The lowest BCUT2D eigenvalue weighted by Crippen LogP contribution is -2.46. The van der Waals surface area contributed by atoms with Crippen molar-refractivity contribution < 1.29 is 9.18 Å². The summed E-state index contributed by atoms with van der Waals surface area (Å²) in [6.45, 7) is 3.98. The van der Waals surface area contributed by atoms with Gasteiger partial charge < -0.3 is 11.1 Å². The number of hydrogen-bond donors (Lipinski definition) is 2. The van der Waals surface area contributed by atoms with E-state index in [1.807, 2.05) is 19.9 Å². The first-order chi connectivity index (χ1) is 9.54. The van der Waals surface area contributed by atoms with Gasteiger partial charge in [-0.05, 0) is 24.0 Å². The molecule has 3 N–H and O–H groups in total. The van der Waals surface area contributed by atoms with E-state index >= 15 is 0 Å². The van der Waals surface area contributed by atoms with Gasteiger partial charge >= 0.3 is 0 Å². The summed E-state index contributed by atoms with van der Waals surface area (Å²) >= 11 is 1.51. The van der Waals surface area contributed by atoms with Gasteiger partial charge in [0.05, 0.1) is 12.1 Å². The minimum Gasteiger partial charge on any atom is -0.348 e. The van der Waals surface area contributed by atoms with Gasteiger partial charge in [-0.2, -0.15) is 0 Å². The topological polar surface area (TPSA) is 55.1 Å². The lowest BCUT2D eigenvalue weighted by atomic mass is 9.97. The monoisotopic (exact) mass is 332 g/mol. The molecule has 3 atom stereocenters. The van der Waals surface area contributed by atoms with Crippen molar-refractivity contribution in [1.82, 2.24) is 5.32 Å². The molecule has 2 rings (SSSR count). The van der Waals surface area contributed by atoms with Gasteiger partial charge in [0, 0.05) is 10.6 Å². The molecule has 1 aromatic rings. The van der Waals surface area contributed by atoms with Gasteiger partial charge in [0.2, 0.25) is 5.91 Å². The first-order valence-electron chi connectivity index (χ1n) is 7.01. The van der Waals surface area contributed by atoms with Crippen LogP contribution in [0.1, 0.15) is 38.3 Å². The van der Waals surface area contributed by atoms with Crippen LogP contribution in [0, 0.1) is 11.7 Å². The molecule has 0 aromatic heterocycles. The van der Waals surface area contributed by atoms with Crippen LogP contribution in [0.3, 0.4) is 0 Å². The number of nitrogens with two attached hydrogens (primary N) is 1. The van der Waals surface area contributed by atoms with E-state index in [-0.39, 0.29) is 36.1 Å². The van der Waals surface area contributed by atoms with Gasteiger partial charge in [-0.25, -0.2) is 4.39 Å². The largest absolute Gasteiger partial charge is 0.348 e. The smallest absolute Gasteiger partial charge is 0.237 e. The highest BCUT2D eigenvalue weighted by Crippen LogP contribution is 2.37. The predicted octanol–water partition coefficient (Wildman–Crippen LogP) is 3.27. The highest BCUT2D eigenvalue weighted by atomic mass is 35.5. The number of carbonyl (C=O) groups is 1. The van der Waals surface area contributed by atoms with Crippen molar-refractivity contribution in [2.75, 3.05) is 5.75 Å². The molecule has 1 aliphatic rings. The fourth-order valence-corrected chi connectivity index (χ4v) is 3.46. The van der Waals surface area contributed by atoms with E-state index in [2.05, 4.69) is 5.32 Å². The predicted molar refractivity (Wildman–Crippen MR) is 87.3 cm³/mol. The molecule has 1 heterocycles. The fourth-order valence-electron chi connectivity index (χ4n) is 2.32. The third-order valence-electron chi connectivity index (χ3n) is 3.90. The van der Waals surface area contributed by atoms with E-state index in [1.165, 1.54) is 17.8 Å². The maximum atomic E-state index is 13.8. The lowest BCUT2D eigenvalue weighted by molar-refractivity contribution is -0.124. The molecule has 6 heteroatoms. The molecule has 1 aromatic carbocycles. The molecule has 118 valence electrons. The van der Waals surface area contributed by atoms with Crippen LogP contribution in [0.15, 0.2) is 23.1 Å². The Kier molecular flexibility index (Phi) is 6.97. The Hall–Kier alpha value is -0.780. The van der Waals surface area contributed by atoms with Gasteiger partial charge in [-0.3, -0.25) is 4.79 Å². The van der Waals surface area contributed by atoms with Crippen LogP contribution in [0.2, 0.25) is 0 Å². The summed E-state index contributed by atoms with van der Waals surface area (Å²) in [5.74, 6) is 0.585. The summed E-state index contributed by atoms with van der Waals surface area (Å²) in [5, 5.41) is 2.97. The molecule has 3 unspecified atom stereocenters. The molecule has 0 saturated heterocycles. The lowest BCUT2D eigenvalue weighted by Gasteiger charge is -2.28. The van der Waals surface area contributed by atoms with Crippen molar-refractivity contribution in [3.63, 3.8) is 0 Å². The molecule has 3 nitrogen and oxygen atoms in total. The first kappa shape index (κ1) is 18.3. The minimum atomic E-state index is -0.508. The molecule has 0 aliphatic carbocycles. The van der Waals surface area contributed by atoms with Gasteiger partial charge in [0.25, 0.3) is 0 Å². The molecular formula is C15H22ClFN2OS. The third-order valence-corrected chi connectivity index (χ3v) is 5.06. The summed E-state index contributed by atoms with van der Waals surface area (Å²) in [7, 11) is 0. The van der Waals surface area contributed by atoms with Crippen molar-refractivity contribution in [2.24, 2.45) is 11.7 Å². The van der Waals surface area contributed by atoms with E-state index < -0.39 is 6.04 Å². The normalized spacial score (nSPS) is 19.9. The average molecular weight is 333 g/mol. The molecule has 0 bridgehead atoms. The summed E-state index contributed by atoms with van der Waals surface area (Å²) in [5.41, 5.74) is 6.81. The summed E-state index contributed by atoms with van der Waals surface area (Å²) in [6, 6.07) is 4.38. The molecule has 0 spiro atoms. The van der Waals surface area contributed by atoms with Gasteiger partial charge in [-0.15, -0.1) is 24.2 Å². The van der Waals surface area contributed by atoms with Gasteiger partial charge in [0.1, 0.15) is 5.82 Å². The van der Waals surface area contributed by atoms with E-state index in [4.69, 9.17) is 5.73 Å². The van der Waals surface area contributed by atoms with Crippen LogP contribution in [-0.4, -0.2) is 17.7 Å². The average Bonchev–Trinajstić information content (AvgIpc) is 2.46. The third kappa shape index (κ3) is 4.11. The summed E-state index contributed by atoms with van der Waals surface area (Å²) in [6.07, 6.45) is 1.67. The highest BCUT2D eigenvalue weighted by Gasteiger charge is 2.27. The number of fused-ring (bicyclic) bond motifs is 1. The number of carbonyl (C=O) groups excluding carboxylic acids is 1. The minimum absolute atomic E-state index is 0. The maximum Gasteiger partial charge on any atom is 0.237 e. The zero-order chi connectivity index (χ0) is 14.7. The summed E-state index contributed by atoms with van der Waals surface area (Å²) < 4.78 is 13.8. The van der Waals surface area contributed by atoms with Crippen LogP contribution in [0.5, 0.6) is 0 Å². The van der Waals surface area contributed by atoms with Crippen molar-refractivity contribution >= 4 is 30.1 Å². The number of rotatable bonds is 4. The van der Waals surface area contributed by atoms with Crippen molar-refractivity contribution in [3.05, 3.63) is 29.6 Å². The first-order valence-corrected chi connectivity index (χ1v) is 8.00. The quantitative estimate of drug-likeness (QED) is 0.889. The Labute approximate surface area is 135 Å². The molecule has 21 heavy (non-hydrogen) atoms. The Balaban J connectivity index is 0.00000220. The van der Waals surface area contributed by atoms with E-state index in [1.54, 1.807) is 6.07 Å². The maximum absolute atomic E-state index is 13.8. The van der Waals surface area contributed by atoms with Gasteiger partial charge in [0.15, 0.2) is 0 Å². The van der Waals surface area contributed by atoms with Crippen LogP contribution in [0.25, 0.3) is 0 Å². The zero-order valence-electron chi connectivity index (χ0n) is 12.3. The Morgan fingerprint density at radius 3 is 2.95 bits per heavy atom. The second kappa shape index (κ2) is 8.01. The van der Waals surface area contributed by atoms with Gasteiger partial charge in [-0.1, -0.05) is 32.4 Å². The van der Waals surface area contributed by atoms with Crippen LogP contribution in [0.4, 0.5) is 4.39 Å². The number of thioether (sulfide) groups is 1. The molecule has 1 aliphatic heterocycles. The van der Waals surface area contributed by atoms with E-state index in [0.717, 1.165) is 24.2 Å². The standard InChI is InChI=1S/C15H21FN2OS.ClH/c1-3-9(2)13(17)15(19)18-12-7-8-20-14-10(12)5-4-6-11(14)16;/h4-6,9,12-13H,3,7-8,17H2,1-2H3,(H,18,19);1H.